The highest BCUT2D eigenvalue weighted by Crippen LogP contribution is 2.14. The van der Waals surface area contributed by atoms with Crippen molar-refractivity contribution in [2.75, 3.05) is 65.8 Å². The first-order chi connectivity index (χ1) is 15.9. The van der Waals surface area contributed by atoms with Crippen LogP contribution in [0, 0.1) is 0 Å². The van der Waals surface area contributed by atoms with Crippen LogP contribution in [0.3, 0.4) is 0 Å². The molecule has 10 heteroatoms. The van der Waals surface area contributed by atoms with Crippen LogP contribution < -0.4 is 20.1 Å². The molecule has 2 aliphatic rings. The molecule has 2 N–H and O–H groups in total. The van der Waals surface area contributed by atoms with Gasteiger partial charge in [0, 0.05) is 24.2 Å². The molecule has 0 amide bonds. The summed E-state index contributed by atoms with van der Waals surface area (Å²) in [6.45, 7) is 6.57. The third-order valence-corrected chi connectivity index (χ3v) is 4.97. The number of halogens is 2. The van der Waals surface area contributed by atoms with Gasteiger partial charge in [0.15, 0.2) is 0 Å². The molecule has 0 bridgehead atoms. The Morgan fingerprint density at radius 2 is 0.941 bits per heavy atom. The van der Waals surface area contributed by atoms with E-state index < -0.39 is 0 Å². The zero-order chi connectivity index (χ0) is 21.8. The summed E-state index contributed by atoms with van der Waals surface area (Å²) in [6, 6.07) is 15.9. The Balaban J connectivity index is 0.00000204. The van der Waals surface area contributed by atoms with Gasteiger partial charge in [-0.2, -0.15) is 0 Å². The lowest BCUT2D eigenvalue weighted by Crippen LogP contribution is -2.19. The fourth-order valence-corrected chi connectivity index (χ4v) is 3.36. The topological polar surface area (TPSA) is 85.7 Å². The molecule has 0 radical (unpaired) electrons. The van der Waals surface area contributed by atoms with Crippen molar-refractivity contribution in [2.45, 2.75) is 0 Å². The first-order valence-corrected chi connectivity index (χ1v) is 11.1. The monoisotopic (exact) mass is 510 g/mol. The molecule has 0 aliphatic carbocycles. The lowest BCUT2D eigenvalue weighted by atomic mass is 10.2. The fourth-order valence-electron chi connectivity index (χ4n) is 3.36. The van der Waals surface area contributed by atoms with Crippen LogP contribution in [0.1, 0.15) is 11.1 Å². The SMILES string of the molecule is Cl.Cl.c1cc(C2=NCCN2)ccc1OCCOCCOCCOc1ccc(C2=NCCN2)cc1. The van der Waals surface area contributed by atoms with E-state index in [-0.39, 0.29) is 24.8 Å². The number of nitrogens with one attached hydrogen (secondary N) is 2. The van der Waals surface area contributed by atoms with Gasteiger partial charge < -0.3 is 29.6 Å². The summed E-state index contributed by atoms with van der Waals surface area (Å²) >= 11 is 0. The summed E-state index contributed by atoms with van der Waals surface area (Å²) in [4.78, 5) is 8.82. The van der Waals surface area contributed by atoms with Gasteiger partial charge in [-0.05, 0) is 48.5 Å². The van der Waals surface area contributed by atoms with Crippen LogP contribution in [-0.2, 0) is 9.47 Å². The molecule has 0 saturated heterocycles. The standard InChI is InChI=1S/C24H30N4O4.2ClH/c1-5-21(6-2-19(1)23-25-9-10-26-23)31-17-15-29-13-14-30-16-18-32-22-7-3-20(4-8-22)24-27-11-12-28-24;;/h1-8H,9-18H2,(H,25,26)(H,27,28);2*1H. The van der Waals surface area contributed by atoms with Crippen LogP contribution in [-0.4, -0.2) is 77.5 Å². The molecular formula is C24H32Cl2N4O4. The Morgan fingerprint density at radius 1 is 0.559 bits per heavy atom. The molecule has 8 nitrogen and oxygen atoms in total. The first kappa shape index (κ1) is 27.7. The van der Waals surface area contributed by atoms with Crippen LogP contribution in [0.15, 0.2) is 58.5 Å². The second-order valence-electron chi connectivity index (χ2n) is 7.28. The van der Waals surface area contributed by atoms with E-state index in [4.69, 9.17) is 18.9 Å². The van der Waals surface area contributed by atoms with E-state index in [1.807, 2.05) is 48.5 Å². The van der Waals surface area contributed by atoms with E-state index in [9.17, 15) is 0 Å². The quantitative estimate of drug-likeness (QED) is 0.403. The molecule has 0 fully saturated rings. The van der Waals surface area contributed by atoms with Gasteiger partial charge in [-0.25, -0.2) is 0 Å². The largest absolute Gasteiger partial charge is 0.491 e. The number of nitrogens with zero attached hydrogens (tertiary/aromatic N) is 2. The highest BCUT2D eigenvalue weighted by molar-refractivity contribution is 6.00. The van der Waals surface area contributed by atoms with Crippen LogP contribution in [0.5, 0.6) is 11.5 Å². The maximum Gasteiger partial charge on any atom is 0.128 e. The lowest BCUT2D eigenvalue weighted by molar-refractivity contribution is 0.0273. The minimum Gasteiger partial charge on any atom is -0.491 e. The van der Waals surface area contributed by atoms with Gasteiger partial charge in [-0.15, -0.1) is 24.8 Å². The van der Waals surface area contributed by atoms with Crippen molar-refractivity contribution in [2.24, 2.45) is 9.98 Å². The number of ether oxygens (including phenoxy) is 4. The Bertz CT molecular complexity index is 833. The highest BCUT2D eigenvalue weighted by atomic mass is 35.5. The van der Waals surface area contributed by atoms with Gasteiger partial charge in [0.2, 0.25) is 0 Å². The molecule has 4 rings (SSSR count). The molecular weight excluding hydrogens is 479 g/mol. The molecule has 0 atom stereocenters. The second-order valence-corrected chi connectivity index (χ2v) is 7.28. The van der Waals surface area contributed by atoms with Crippen molar-refractivity contribution in [1.82, 2.24) is 10.6 Å². The molecule has 0 aromatic heterocycles. The van der Waals surface area contributed by atoms with Gasteiger partial charge in [-0.1, -0.05) is 0 Å². The molecule has 0 saturated carbocycles. The van der Waals surface area contributed by atoms with E-state index in [0.29, 0.717) is 39.6 Å². The Hall–Kier alpha value is -2.52. The minimum absolute atomic E-state index is 0. The number of benzene rings is 2. The molecule has 34 heavy (non-hydrogen) atoms. The summed E-state index contributed by atoms with van der Waals surface area (Å²) in [5, 5.41) is 6.52. The molecule has 2 heterocycles. The second kappa shape index (κ2) is 15.4. The van der Waals surface area contributed by atoms with Crippen molar-refractivity contribution < 1.29 is 18.9 Å². The third kappa shape index (κ3) is 8.68. The van der Waals surface area contributed by atoms with Gasteiger partial charge in [0.05, 0.1) is 39.5 Å². The zero-order valence-corrected chi connectivity index (χ0v) is 20.7. The average molecular weight is 511 g/mol. The van der Waals surface area contributed by atoms with Crippen molar-refractivity contribution in [3.8, 4) is 11.5 Å². The van der Waals surface area contributed by atoms with E-state index >= 15 is 0 Å². The first-order valence-electron chi connectivity index (χ1n) is 11.1. The normalized spacial score (nSPS) is 14.1. The van der Waals surface area contributed by atoms with E-state index in [1.165, 1.54) is 0 Å². The Kier molecular flexibility index (Phi) is 12.6. The summed E-state index contributed by atoms with van der Waals surface area (Å²) in [6.07, 6.45) is 0. The maximum atomic E-state index is 5.70. The summed E-state index contributed by atoms with van der Waals surface area (Å²) in [5.74, 6) is 3.56. The van der Waals surface area contributed by atoms with Crippen LogP contribution >= 0.6 is 24.8 Å². The molecule has 2 aromatic rings. The van der Waals surface area contributed by atoms with Gasteiger partial charge in [0.25, 0.3) is 0 Å². The molecule has 0 spiro atoms. The summed E-state index contributed by atoms with van der Waals surface area (Å²) in [5.41, 5.74) is 2.17. The Morgan fingerprint density at radius 3 is 1.29 bits per heavy atom. The fraction of sp³-hybridized carbons (Fsp3) is 0.417. The number of hydrogen-bond acceptors (Lipinski definition) is 8. The van der Waals surface area contributed by atoms with Crippen molar-refractivity contribution in [3.63, 3.8) is 0 Å². The molecule has 2 aliphatic heterocycles. The average Bonchev–Trinajstić information content (AvgIpc) is 3.56. The predicted molar refractivity (Wildman–Crippen MR) is 139 cm³/mol. The Labute approximate surface area is 213 Å². The van der Waals surface area contributed by atoms with Crippen LogP contribution in [0.25, 0.3) is 0 Å². The predicted octanol–water partition coefficient (Wildman–Crippen LogP) is 2.72. The van der Waals surface area contributed by atoms with E-state index in [2.05, 4.69) is 20.6 Å². The number of hydrogen-bond donors (Lipinski definition) is 2. The van der Waals surface area contributed by atoms with Crippen molar-refractivity contribution in [1.29, 1.82) is 0 Å². The highest BCUT2D eigenvalue weighted by Gasteiger charge is 2.08. The molecule has 186 valence electrons. The lowest BCUT2D eigenvalue weighted by Gasteiger charge is -2.10. The summed E-state index contributed by atoms with van der Waals surface area (Å²) in [7, 11) is 0. The summed E-state index contributed by atoms with van der Waals surface area (Å²) < 4.78 is 22.5. The smallest absolute Gasteiger partial charge is 0.128 e. The maximum absolute atomic E-state index is 5.70. The van der Waals surface area contributed by atoms with Crippen LogP contribution in [0.2, 0.25) is 0 Å². The van der Waals surface area contributed by atoms with Gasteiger partial charge >= 0.3 is 0 Å². The number of rotatable bonds is 13. The van der Waals surface area contributed by atoms with Crippen molar-refractivity contribution in [3.05, 3.63) is 59.7 Å². The van der Waals surface area contributed by atoms with Gasteiger partial charge in [-0.3, -0.25) is 9.98 Å². The van der Waals surface area contributed by atoms with E-state index in [1.54, 1.807) is 0 Å². The van der Waals surface area contributed by atoms with Crippen molar-refractivity contribution >= 4 is 36.5 Å². The molecule has 0 unspecified atom stereocenters. The number of amidine groups is 2. The van der Waals surface area contributed by atoms with Gasteiger partial charge in [0.1, 0.15) is 36.4 Å². The molecule has 2 aromatic carbocycles. The zero-order valence-electron chi connectivity index (χ0n) is 19.0. The third-order valence-electron chi connectivity index (χ3n) is 4.97. The number of aliphatic imine (C=N–C) groups is 2. The van der Waals surface area contributed by atoms with Crippen LogP contribution in [0.4, 0.5) is 0 Å². The van der Waals surface area contributed by atoms with E-state index in [0.717, 1.165) is 60.5 Å². The minimum atomic E-state index is 0.